The maximum atomic E-state index is 13.6. The van der Waals surface area contributed by atoms with E-state index in [0.717, 1.165) is 23.6 Å². The molecule has 26 heavy (non-hydrogen) atoms. The second kappa shape index (κ2) is 7.30. The molecule has 1 heterocycles. The number of hydrogen-bond donors (Lipinski definition) is 0. The van der Waals surface area contributed by atoms with Crippen LogP contribution in [0.1, 0.15) is 56.9 Å². The zero-order chi connectivity index (χ0) is 18.1. The molecule has 1 saturated carbocycles. The lowest BCUT2D eigenvalue weighted by atomic mass is 9.77. The molecule has 1 aromatic carbocycles. The first kappa shape index (κ1) is 17.4. The zero-order valence-electron chi connectivity index (χ0n) is 15.2. The molecule has 4 rings (SSSR count). The Hall–Kier alpha value is -2.03. The van der Waals surface area contributed by atoms with Gasteiger partial charge < -0.3 is 0 Å². The number of nitrogens with zero attached hydrogens (tertiary/aromatic N) is 1. The third-order valence-corrected chi connectivity index (χ3v) is 6.20. The van der Waals surface area contributed by atoms with E-state index in [0.29, 0.717) is 5.92 Å². The minimum absolute atomic E-state index is 0.0645. The molecule has 0 spiro atoms. The molecule has 1 nitrogen and oxygen atoms in total. The van der Waals surface area contributed by atoms with Gasteiger partial charge in [0.15, 0.2) is 11.6 Å². The van der Waals surface area contributed by atoms with Crippen LogP contribution in [-0.2, 0) is 0 Å². The Morgan fingerprint density at radius 2 is 1.88 bits per heavy atom. The first-order valence-corrected chi connectivity index (χ1v) is 9.74. The van der Waals surface area contributed by atoms with Crippen LogP contribution in [0, 0.1) is 23.5 Å². The van der Waals surface area contributed by atoms with E-state index in [2.05, 4.69) is 30.1 Å². The number of benzene rings is 1. The van der Waals surface area contributed by atoms with E-state index in [9.17, 15) is 8.78 Å². The Kier molecular flexibility index (Phi) is 4.88. The average molecular weight is 353 g/mol. The second-order valence-electron chi connectivity index (χ2n) is 7.78. The molecular weight excluding hydrogens is 328 g/mol. The van der Waals surface area contributed by atoms with Crippen LogP contribution in [0.5, 0.6) is 0 Å². The number of hydrogen-bond acceptors (Lipinski definition) is 1. The topological polar surface area (TPSA) is 12.4 Å². The normalized spacial score (nSPS) is 24.4. The van der Waals surface area contributed by atoms with Gasteiger partial charge in [0.05, 0.1) is 5.70 Å². The molecule has 0 saturated heterocycles. The summed E-state index contributed by atoms with van der Waals surface area (Å²) < 4.78 is 26.9. The number of allylic oxidation sites excluding steroid dienone is 5. The lowest BCUT2D eigenvalue weighted by Crippen LogP contribution is -2.16. The highest BCUT2D eigenvalue weighted by atomic mass is 19.2. The standard InChI is InChI=1S/C23H25F2N/c1-15(16-6-3-2-4-7-16)17-8-5-9-19-20(14-26-23(19)13-17)18-10-11-21(24)22(25)12-18/h5,8,10-16,20H,2-4,6-7,9H2,1H3. The van der Waals surface area contributed by atoms with E-state index in [1.807, 2.05) is 6.21 Å². The van der Waals surface area contributed by atoms with E-state index in [4.69, 9.17) is 0 Å². The van der Waals surface area contributed by atoms with Crippen LogP contribution in [-0.4, -0.2) is 6.21 Å². The summed E-state index contributed by atoms with van der Waals surface area (Å²) in [6.45, 7) is 2.34. The molecule has 3 heteroatoms. The highest BCUT2D eigenvalue weighted by Crippen LogP contribution is 2.40. The third kappa shape index (κ3) is 3.32. The molecule has 1 aromatic rings. The van der Waals surface area contributed by atoms with E-state index < -0.39 is 11.6 Å². The minimum Gasteiger partial charge on any atom is -0.260 e. The molecule has 2 unspecified atom stereocenters. The number of aliphatic imine (C=N–C) groups is 1. The molecule has 2 aliphatic carbocycles. The highest BCUT2D eigenvalue weighted by molar-refractivity contribution is 5.79. The van der Waals surface area contributed by atoms with Crippen molar-refractivity contribution in [2.24, 2.45) is 16.8 Å². The molecule has 0 N–H and O–H groups in total. The van der Waals surface area contributed by atoms with Crippen molar-refractivity contribution >= 4 is 6.21 Å². The number of rotatable bonds is 3. The van der Waals surface area contributed by atoms with Gasteiger partial charge in [-0.25, -0.2) is 8.78 Å². The quantitative estimate of drug-likeness (QED) is 0.589. The Labute approximate surface area is 154 Å². The van der Waals surface area contributed by atoms with Gasteiger partial charge in [-0.05, 0) is 66.0 Å². The van der Waals surface area contributed by atoms with Crippen LogP contribution in [0.3, 0.4) is 0 Å². The molecular formula is C23H25F2N. The van der Waals surface area contributed by atoms with Crippen molar-refractivity contribution in [3.63, 3.8) is 0 Å². The Balaban J connectivity index is 1.61. The predicted molar refractivity (Wildman–Crippen MR) is 102 cm³/mol. The van der Waals surface area contributed by atoms with Crippen LogP contribution in [0.25, 0.3) is 0 Å². The molecule has 1 fully saturated rings. The maximum Gasteiger partial charge on any atom is 0.159 e. The first-order chi connectivity index (χ1) is 12.6. The molecule has 2 atom stereocenters. The predicted octanol–water partition coefficient (Wildman–Crippen LogP) is 6.49. The summed E-state index contributed by atoms with van der Waals surface area (Å²) in [6.07, 6.45) is 16.0. The van der Waals surface area contributed by atoms with Gasteiger partial charge in [-0.3, -0.25) is 4.99 Å². The van der Waals surface area contributed by atoms with Crippen molar-refractivity contribution in [2.75, 3.05) is 0 Å². The van der Waals surface area contributed by atoms with Gasteiger partial charge in [-0.1, -0.05) is 44.4 Å². The summed E-state index contributed by atoms with van der Waals surface area (Å²) >= 11 is 0. The summed E-state index contributed by atoms with van der Waals surface area (Å²) in [5.41, 5.74) is 4.30. The summed E-state index contributed by atoms with van der Waals surface area (Å²) in [5.74, 6) is -0.367. The van der Waals surface area contributed by atoms with Gasteiger partial charge in [0.2, 0.25) is 0 Å². The van der Waals surface area contributed by atoms with Crippen LogP contribution in [0.2, 0.25) is 0 Å². The largest absolute Gasteiger partial charge is 0.260 e. The molecule has 0 amide bonds. The summed E-state index contributed by atoms with van der Waals surface area (Å²) in [7, 11) is 0. The van der Waals surface area contributed by atoms with Crippen LogP contribution in [0.15, 0.2) is 58.3 Å². The summed E-state index contributed by atoms with van der Waals surface area (Å²) in [5, 5.41) is 0. The van der Waals surface area contributed by atoms with Gasteiger partial charge in [-0.2, -0.15) is 0 Å². The van der Waals surface area contributed by atoms with Crippen molar-refractivity contribution in [2.45, 2.75) is 51.4 Å². The van der Waals surface area contributed by atoms with Gasteiger partial charge in [0.1, 0.15) is 0 Å². The summed E-state index contributed by atoms with van der Waals surface area (Å²) in [6, 6.07) is 4.16. The van der Waals surface area contributed by atoms with Crippen LogP contribution >= 0.6 is 0 Å². The molecule has 0 radical (unpaired) electrons. The van der Waals surface area contributed by atoms with Gasteiger partial charge in [0, 0.05) is 12.1 Å². The highest BCUT2D eigenvalue weighted by Gasteiger charge is 2.27. The molecule has 0 bridgehead atoms. The fourth-order valence-electron chi connectivity index (χ4n) is 4.56. The van der Waals surface area contributed by atoms with Crippen molar-refractivity contribution in [3.8, 4) is 0 Å². The fourth-order valence-corrected chi connectivity index (χ4v) is 4.56. The monoisotopic (exact) mass is 353 g/mol. The smallest absolute Gasteiger partial charge is 0.159 e. The van der Waals surface area contributed by atoms with E-state index in [1.54, 1.807) is 6.07 Å². The number of halogens is 2. The lowest BCUT2D eigenvalue weighted by molar-refractivity contribution is 0.293. The van der Waals surface area contributed by atoms with Crippen molar-refractivity contribution in [1.82, 2.24) is 0 Å². The second-order valence-corrected chi connectivity index (χ2v) is 7.78. The van der Waals surface area contributed by atoms with Gasteiger partial charge in [-0.15, -0.1) is 0 Å². The average Bonchev–Trinajstić information content (AvgIpc) is 2.94. The van der Waals surface area contributed by atoms with E-state index in [1.165, 1.54) is 55.4 Å². The Bertz CT molecular complexity index is 809. The lowest BCUT2D eigenvalue weighted by Gasteiger charge is -2.28. The van der Waals surface area contributed by atoms with E-state index >= 15 is 0 Å². The zero-order valence-corrected chi connectivity index (χ0v) is 15.2. The van der Waals surface area contributed by atoms with Gasteiger partial charge >= 0.3 is 0 Å². The molecule has 1 aliphatic heterocycles. The van der Waals surface area contributed by atoms with Crippen LogP contribution < -0.4 is 0 Å². The minimum atomic E-state index is -0.804. The molecule has 0 aromatic heterocycles. The fraction of sp³-hybridized carbons (Fsp3) is 0.435. The Morgan fingerprint density at radius 3 is 2.65 bits per heavy atom. The molecule has 136 valence electrons. The van der Waals surface area contributed by atoms with Crippen molar-refractivity contribution in [1.29, 1.82) is 0 Å². The SMILES string of the molecule is CC(C1=CC2=C(CC=C1)C(c1ccc(F)c(F)c1)C=N2)C1CCCCC1. The van der Waals surface area contributed by atoms with Crippen molar-refractivity contribution in [3.05, 3.63) is 70.5 Å². The Morgan fingerprint density at radius 1 is 1.08 bits per heavy atom. The van der Waals surface area contributed by atoms with Crippen molar-refractivity contribution < 1.29 is 8.78 Å². The summed E-state index contributed by atoms with van der Waals surface area (Å²) in [4.78, 5) is 4.63. The maximum absolute atomic E-state index is 13.6. The molecule has 3 aliphatic rings. The first-order valence-electron chi connectivity index (χ1n) is 9.74. The third-order valence-electron chi connectivity index (χ3n) is 6.20. The van der Waals surface area contributed by atoms with E-state index in [-0.39, 0.29) is 5.92 Å². The van der Waals surface area contributed by atoms with Gasteiger partial charge in [0.25, 0.3) is 0 Å². The van der Waals surface area contributed by atoms with Crippen LogP contribution in [0.4, 0.5) is 8.78 Å².